The zero-order valence-corrected chi connectivity index (χ0v) is 14.7. The number of unbranched alkanes of at least 4 members (excludes halogenated alkanes) is 1. The summed E-state index contributed by atoms with van der Waals surface area (Å²) in [4.78, 5) is 12.2. The fourth-order valence-electron chi connectivity index (χ4n) is 2.00. The number of carbonyl (C=O) groups excluding carboxylic acids is 1. The van der Waals surface area contributed by atoms with Crippen molar-refractivity contribution >= 4 is 28.9 Å². The Balaban J connectivity index is 1.87. The van der Waals surface area contributed by atoms with Crippen LogP contribution in [-0.2, 0) is 0 Å². The molecule has 2 N–H and O–H groups in total. The molecule has 5 nitrogen and oxygen atoms in total. The van der Waals surface area contributed by atoms with E-state index in [9.17, 15) is 4.79 Å². The summed E-state index contributed by atoms with van der Waals surface area (Å²) in [5.41, 5.74) is 1.75. The van der Waals surface area contributed by atoms with E-state index < -0.39 is 0 Å². The van der Waals surface area contributed by atoms with Crippen LogP contribution in [0.1, 0.15) is 35.7 Å². The summed E-state index contributed by atoms with van der Waals surface area (Å²) >= 11 is 5.14. The predicted molar refractivity (Wildman–Crippen MR) is 102 cm³/mol. The van der Waals surface area contributed by atoms with Crippen molar-refractivity contribution in [1.29, 1.82) is 5.26 Å². The summed E-state index contributed by atoms with van der Waals surface area (Å²) in [5.74, 6) is 0.439. The number of nitrogens with zero attached hydrogens (tertiary/aromatic N) is 1. The molecule has 0 fully saturated rings. The number of nitriles is 1. The first-order valence-electron chi connectivity index (χ1n) is 7.97. The molecule has 0 atom stereocenters. The molecule has 2 aromatic carbocycles. The number of carbonyl (C=O) groups is 1. The van der Waals surface area contributed by atoms with Gasteiger partial charge in [-0.1, -0.05) is 13.3 Å². The number of hydrogen-bond donors (Lipinski definition) is 2. The molecular formula is C19H19N3O2S. The second-order valence-electron chi connectivity index (χ2n) is 5.32. The van der Waals surface area contributed by atoms with Crippen LogP contribution in [0.25, 0.3) is 0 Å². The molecule has 0 saturated carbocycles. The van der Waals surface area contributed by atoms with Crippen LogP contribution in [0.2, 0.25) is 0 Å². The number of rotatable bonds is 6. The summed E-state index contributed by atoms with van der Waals surface area (Å²) in [6.45, 7) is 2.77. The number of amides is 1. The van der Waals surface area contributed by atoms with Gasteiger partial charge in [-0.2, -0.15) is 5.26 Å². The van der Waals surface area contributed by atoms with Crippen molar-refractivity contribution in [2.75, 3.05) is 11.9 Å². The lowest BCUT2D eigenvalue weighted by Gasteiger charge is -2.10. The van der Waals surface area contributed by atoms with Gasteiger partial charge in [0, 0.05) is 11.3 Å². The van der Waals surface area contributed by atoms with E-state index in [0.717, 1.165) is 18.6 Å². The lowest BCUT2D eigenvalue weighted by molar-refractivity contribution is 0.0977. The minimum Gasteiger partial charge on any atom is -0.494 e. The van der Waals surface area contributed by atoms with Crippen LogP contribution < -0.4 is 15.4 Å². The van der Waals surface area contributed by atoms with Crippen LogP contribution >= 0.6 is 12.2 Å². The predicted octanol–water partition coefficient (Wildman–Crippen LogP) is 3.86. The van der Waals surface area contributed by atoms with Crippen LogP contribution in [0.3, 0.4) is 0 Å². The first-order valence-corrected chi connectivity index (χ1v) is 8.38. The van der Waals surface area contributed by atoms with E-state index in [-0.39, 0.29) is 11.0 Å². The van der Waals surface area contributed by atoms with Gasteiger partial charge in [0.2, 0.25) is 0 Å². The van der Waals surface area contributed by atoms with Gasteiger partial charge < -0.3 is 10.1 Å². The molecular weight excluding hydrogens is 334 g/mol. The molecule has 2 aromatic rings. The first-order chi connectivity index (χ1) is 12.1. The molecule has 0 heterocycles. The Labute approximate surface area is 152 Å². The molecule has 0 radical (unpaired) electrons. The fraction of sp³-hybridized carbons (Fsp3) is 0.211. The van der Waals surface area contributed by atoms with Crippen molar-refractivity contribution in [2.24, 2.45) is 0 Å². The molecule has 0 bridgehead atoms. The van der Waals surface area contributed by atoms with Gasteiger partial charge in [0.15, 0.2) is 5.11 Å². The highest BCUT2D eigenvalue weighted by molar-refractivity contribution is 7.80. The summed E-state index contributed by atoms with van der Waals surface area (Å²) in [5, 5.41) is 14.5. The largest absolute Gasteiger partial charge is 0.494 e. The van der Waals surface area contributed by atoms with Crippen molar-refractivity contribution in [3.63, 3.8) is 0 Å². The monoisotopic (exact) mass is 353 g/mol. The van der Waals surface area contributed by atoms with E-state index in [1.807, 2.05) is 6.07 Å². The third-order valence-corrected chi connectivity index (χ3v) is 3.59. The van der Waals surface area contributed by atoms with Gasteiger partial charge >= 0.3 is 0 Å². The van der Waals surface area contributed by atoms with E-state index in [4.69, 9.17) is 22.2 Å². The van der Waals surface area contributed by atoms with Crippen molar-refractivity contribution < 1.29 is 9.53 Å². The summed E-state index contributed by atoms with van der Waals surface area (Å²) in [6, 6.07) is 15.7. The van der Waals surface area contributed by atoms with Gasteiger partial charge in [-0.3, -0.25) is 10.1 Å². The minimum atomic E-state index is -0.300. The molecule has 0 aliphatic rings. The molecule has 2 rings (SSSR count). The zero-order chi connectivity index (χ0) is 18.1. The van der Waals surface area contributed by atoms with Crippen molar-refractivity contribution in [1.82, 2.24) is 5.32 Å². The van der Waals surface area contributed by atoms with E-state index in [2.05, 4.69) is 17.6 Å². The Morgan fingerprint density at radius 1 is 1.16 bits per heavy atom. The lowest BCUT2D eigenvalue weighted by atomic mass is 10.2. The maximum absolute atomic E-state index is 12.2. The molecule has 0 aliphatic carbocycles. The van der Waals surface area contributed by atoms with Gasteiger partial charge in [-0.05, 0) is 67.2 Å². The van der Waals surface area contributed by atoms with Gasteiger partial charge in [0.05, 0.1) is 18.2 Å². The Morgan fingerprint density at radius 2 is 1.84 bits per heavy atom. The maximum Gasteiger partial charge on any atom is 0.257 e. The van der Waals surface area contributed by atoms with Crippen molar-refractivity contribution in [3.05, 3.63) is 59.7 Å². The van der Waals surface area contributed by atoms with Crippen LogP contribution in [-0.4, -0.2) is 17.6 Å². The van der Waals surface area contributed by atoms with E-state index >= 15 is 0 Å². The molecule has 0 unspecified atom stereocenters. The lowest BCUT2D eigenvalue weighted by Crippen LogP contribution is -2.34. The molecule has 0 saturated heterocycles. The van der Waals surface area contributed by atoms with Crippen molar-refractivity contribution in [3.8, 4) is 11.8 Å². The smallest absolute Gasteiger partial charge is 0.257 e. The topological polar surface area (TPSA) is 74.2 Å². The average molecular weight is 353 g/mol. The highest BCUT2D eigenvalue weighted by atomic mass is 32.1. The van der Waals surface area contributed by atoms with Crippen LogP contribution in [0.5, 0.6) is 5.75 Å². The number of hydrogen-bond acceptors (Lipinski definition) is 4. The van der Waals surface area contributed by atoms with Gasteiger partial charge in [0.1, 0.15) is 5.75 Å². The second kappa shape index (κ2) is 9.40. The minimum absolute atomic E-state index is 0.193. The van der Waals surface area contributed by atoms with Gasteiger partial charge in [0.25, 0.3) is 5.91 Å². The molecule has 6 heteroatoms. The maximum atomic E-state index is 12.2. The van der Waals surface area contributed by atoms with Crippen LogP contribution in [0.15, 0.2) is 48.5 Å². The first kappa shape index (κ1) is 18.4. The molecule has 0 aromatic heterocycles. The SMILES string of the molecule is CCCCOc1ccc(C(=O)NC(=S)Nc2ccc(C#N)cc2)cc1. The normalized spacial score (nSPS) is 9.76. The summed E-state index contributed by atoms with van der Waals surface area (Å²) < 4.78 is 5.57. The standard InChI is InChI=1S/C19H19N3O2S/c1-2-3-12-24-17-10-6-15(7-11-17)18(23)22-19(25)21-16-8-4-14(13-20)5-9-16/h4-11H,2-3,12H2,1H3,(H2,21,22,23,25). The average Bonchev–Trinajstić information content (AvgIpc) is 2.63. The van der Waals surface area contributed by atoms with Gasteiger partial charge in [-0.25, -0.2) is 0 Å². The van der Waals surface area contributed by atoms with Crippen molar-refractivity contribution in [2.45, 2.75) is 19.8 Å². The Kier molecular flexibility index (Phi) is 6.93. The number of anilines is 1. The third-order valence-electron chi connectivity index (χ3n) is 3.38. The number of benzene rings is 2. The van der Waals surface area contributed by atoms with Gasteiger partial charge in [-0.15, -0.1) is 0 Å². The number of ether oxygens (including phenoxy) is 1. The number of thiocarbonyl (C=S) groups is 1. The van der Waals surface area contributed by atoms with E-state index in [1.54, 1.807) is 48.5 Å². The molecule has 128 valence electrons. The fourth-order valence-corrected chi connectivity index (χ4v) is 2.21. The Morgan fingerprint density at radius 3 is 2.44 bits per heavy atom. The molecule has 25 heavy (non-hydrogen) atoms. The highest BCUT2D eigenvalue weighted by Crippen LogP contribution is 2.13. The Bertz CT molecular complexity index is 765. The quantitative estimate of drug-likeness (QED) is 0.609. The van der Waals surface area contributed by atoms with E-state index in [1.165, 1.54) is 0 Å². The van der Waals surface area contributed by atoms with Crippen LogP contribution in [0, 0.1) is 11.3 Å². The highest BCUT2D eigenvalue weighted by Gasteiger charge is 2.08. The third kappa shape index (κ3) is 5.90. The second-order valence-corrected chi connectivity index (χ2v) is 5.73. The molecule has 0 aliphatic heterocycles. The zero-order valence-electron chi connectivity index (χ0n) is 13.9. The van der Waals surface area contributed by atoms with E-state index in [0.29, 0.717) is 23.4 Å². The molecule has 0 spiro atoms. The summed E-state index contributed by atoms with van der Waals surface area (Å²) in [6.07, 6.45) is 2.07. The van der Waals surface area contributed by atoms with Crippen LogP contribution in [0.4, 0.5) is 5.69 Å². The molecule has 1 amide bonds. The summed E-state index contributed by atoms with van der Waals surface area (Å²) in [7, 11) is 0. The number of nitrogens with one attached hydrogen (secondary N) is 2. The Hall–Kier alpha value is -2.91.